The van der Waals surface area contributed by atoms with Crippen LogP contribution < -0.4 is 10.5 Å². The lowest BCUT2D eigenvalue weighted by atomic mass is 9.72. The Labute approximate surface area is 205 Å². The van der Waals surface area contributed by atoms with Gasteiger partial charge in [-0.3, -0.25) is 9.69 Å². The standard InChI is InChI=1S/C30H29FN2O2/c31-25-18-33(19-25)17-23-9-4-8-22-16-26(34)27(29(35-28(22)23)21-6-2-1-3-7-21)20-10-12-24(13-11-20)30(32)14-5-15-30/h1-4,6-13,25H,5,14-19,32H2. The van der Waals surface area contributed by atoms with Gasteiger partial charge in [-0.1, -0.05) is 72.8 Å². The minimum absolute atomic E-state index is 0.0198. The number of fused-ring (bicyclic) bond motifs is 1. The fraction of sp³-hybridized carbons (Fsp3) is 0.300. The third-order valence-corrected chi connectivity index (χ3v) is 7.58. The highest BCUT2D eigenvalue weighted by molar-refractivity contribution is 6.28. The van der Waals surface area contributed by atoms with Crippen molar-refractivity contribution in [2.45, 2.75) is 43.9 Å². The van der Waals surface area contributed by atoms with Crippen LogP contribution in [0.3, 0.4) is 0 Å². The molecule has 178 valence electrons. The SMILES string of the molecule is NC1(c2ccc(C3=C(c4ccccc4)Oc4c(cccc4CN4CC(F)C4)CC3=O)cc2)CCC1. The van der Waals surface area contributed by atoms with Gasteiger partial charge in [0, 0.05) is 48.3 Å². The molecule has 0 unspecified atom stereocenters. The van der Waals surface area contributed by atoms with E-state index >= 15 is 0 Å². The number of benzene rings is 3. The third-order valence-electron chi connectivity index (χ3n) is 7.58. The molecule has 0 amide bonds. The Morgan fingerprint density at radius 1 is 0.943 bits per heavy atom. The normalized spacial score (nSPS) is 19.9. The molecule has 0 aromatic heterocycles. The van der Waals surface area contributed by atoms with E-state index in [-0.39, 0.29) is 17.7 Å². The van der Waals surface area contributed by atoms with Gasteiger partial charge in [-0.2, -0.15) is 0 Å². The van der Waals surface area contributed by atoms with Crippen molar-refractivity contribution >= 4 is 17.1 Å². The largest absolute Gasteiger partial charge is 0.455 e. The smallest absolute Gasteiger partial charge is 0.171 e. The van der Waals surface area contributed by atoms with E-state index in [4.69, 9.17) is 10.5 Å². The van der Waals surface area contributed by atoms with Crippen LogP contribution in [-0.2, 0) is 23.3 Å². The number of rotatable bonds is 5. The van der Waals surface area contributed by atoms with E-state index < -0.39 is 6.17 Å². The van der Waals surface area contributed by atoms with Crippen LogP contribution in [0.5, 0.6) is 5.75 Å². The molecular formula is C30H29FN2O2. The number of alkyl halides is 1. The van der Waals surface area contributed by atoms with Crippen LogP contribution in [0.25, 0.3) is 11.3 Å². The van der Waals surface area contributed by atoms with Gasteiger partial charge >= 0.3 is 0 Å². The van der Waals surface area contributed by atoms with Gasteiger partial charge in [-0.15, -0.1) is 0 Å². The average molecular weight is 469 g/mol. The number of Topliss-reactive ketones (excluding diaryl/α,β-unsaturated/α-hetero) is 1. The van der Waals surface area contributed by atoms with Gasteiger partial charge in [-0.25, -0.2) is 4.39 Å². The van der Waals surface area contributed by atoms with E-state index in [1.165, 1.54) is 0 Å². The molecule has 35 heavy (non-hydrogen) atoms. The molecule has 5 heteroatoms. The summed E-state index contributed by atoms with van der Waals surface area (Å²) in [4.78, 5) is 15.8. The first-order valence-corrected chi connectivity index (χ1v) is 12.4. The molecule has 1 aliphatic carbocycles. The number of ketones is 1. The molecular weight excluding hydrogens is 439 g/mol. The number of ether oxygens (including phenoxy) is 1. The van der Waals surface area contributed by atoms with Crippen molar-refractivity contribution in [3.8, 4) is 5.75 Å². The fourth-order valence-corrected chi connectivity index (χ4v) is 5.35. The zero-order chi connectivity index (χ0) is 24.0. The molecule has 2 heterocycles. The second-order valence-corrected chi connectivity index (χ2v) is 10.1. The van der Waals surface area contributed by atoms with Crippen LogP contribution in [0.2, 0.25) is 0 Å². The maximum Gasteiger partial charge on any atom is 0.171 e. The summed E-state index contributed by atoms with van der Waals surface area (Å²) in [7, 11) is 0. The second kappa shape index (κ2) is 8.74. The number of hydrogen-bond acceptors (Lipinski definition) is 4. The van der Waals surface area contributed by atoms with Gasteiger partial charge in [0.1, 0.15) is 17.7 Å². The van der Waals surface area contributed by atoms with Crippen LogP contribution in [0, 0.1) is 0 Å². The molecule has 0 bridgehead atoms. The number of allylic oxidation sites excluding steroid dienone is 1. The lowest BCUT2D eigenvalue weighted by Gasteiger charge is -2.38. The Hall–Kier alpha value is -3.28. The van der Waals surface area contributed by atoms with Crippen molar-refractivity contribution in [2.24, 2.45) is 5.73 Å². The van der Waals surface area contributed by atoms with Crippen LogP contribution >= 0.6 is 0 Å². The zero-order valence-electron chi connectivity index (χ0n) is 19.7. The molecule has 4 nitrogen and oxygen atoms in total. The van der Waals surface area contributed by atoms with Gasteiger partial charge in [0.25, 0.3) is 0 Å². The minimum atomic E-state index is -0.762. The minimum Gasteiger partial charge on any atom is -0.455 e. The highest BCUT2D eigenvalue weighted by Gasteiger charge is 2.35. The number of nitrogens with two attached hydrogens (primary N) is 1. The Morgan fingerprint density at radius 3 is 2.34 bits per heavy atom. The summed E-state index contributed by atoms with van der Waals surface area (Å²) in [5, 5.41) is 0. The Morgan fingerprint density at radius 2 is 1.69 bits per heavy atom. The van der Waals surface area contributed by atoms with E-state index in [0.29, 0.717) is 36.7 Å². The summed E-state index contributed by atoms with van der Waals surface area (Å²) in [6.45, 7) is 1.47. The number of likely N-dealkylation sites (tertiary alicyclic amines) is 1. The molecule has 2 aliphatic heterocycles. The van der Waals surface area contributed by atoms with E-state index in [9.17, 15) is 9.18 Å². The maximum atomic E-state index is 13.7. The number of nitrogens with zero attached hydrogens (tertiary/aromatic N) is 1. The lowest BCUT2D eigenvalue weighted by molar-refractivity contribution is -0.113. The average Bonchev–Trinajstić information content (AvgIpc) is 2.98. The Kier molecular flexibility index (Phi) is 5.54. The molecule has 6 rings (SSSR count). The first-order chi connectivity index (χ1) is 17.0. The molecule has 0 radical (unpaired) electrons. The first-order valence-electron chi connectivity index (χ1n) is 12.4. The fourth-order valence-electron chi connectivity index (χ4n) is 5.35. The van der Waals surface area contributed by atoms with E-state index in [1.807, 2.05) is 60.7 Å². The predicted octanol–water partition coefficient (Wildman–Crippen LogP) is 5.25. The first kappa shape index (κ1) is 22.2. The van der Waals surface area contributed by atoms with Crippen LogP contribution in [0.15, 0.2) is 72.8 Å². The van der Waals surface area contributed by atoms with E-state index in [2.05, 4.69) is 17.0 Å². The van der Waals surface area contributed by atoms with Crippen molar-refractivity contribution in [1.82, 2.24) is 4.90 Å². The monoisotopic (exact) mass is 468 g/mol. The Bertz CT molecular complexity index is 1290. The third kappa shape index (κ3) is 4.09. The van der Waals surface area contributed by atoms with Crippen molar-refractivity contribution < 1.29 is 13.9 Å². The molecule has 3 aliphatic rings. The van der Waals surface area contributed by atoms with Gasteiger partial charge in [0.05, 0.1) is 5.57 Å². The molecule has 2 N–H and O–H groups in total. The van der Waals surface area contributed by atoms with Crippen molar-refractivity contribution in [3.05, 3.63) is 101 Å². The van der Waals surface area contributed by atoms with E-state index in [1.54, 1.807) is 0 Å². The number of para-hydroxylation sites is 1. The highest BCUT2D eigenvalue weighted by atomic mass is 19.1. The van der Waals surface area contributed by atoms with Crippen LogP contribution in [0.1, 0.15) is 47.1 Å². The summed E-state index contributed by atoms with van der Waals surface area (Å²) < 4.78 is 20.1. The summed E-state index contributed by atoms with van der Waals surface area (Å²) >= 11 is 0. The van der Waals surface area contributed by atoms with Gasteiger partial charge in [-0.05, 0) is 30.4 Å². The highest BCUT2D eigenvalue weighted by Crippen LogP contribution is 2.41. The van der Waals surface area contributed by atoms with Crippen molar-refractivity contribution in [2.75, 3.05) is 13.1 Å². The summed E-state index contributed by atoms with van der Waals surface area (Å²) in [5.41, 5.74) is 11.5. The molecule has 0 atom stereocenters. The second-order valence-electron chi connectivity index (χ2n) is 10.1. The number of halogens is 1. The molecule has 0 spiro atoms. The topological polar surface area (TPSA) is 55.6 Å². The van der Waals surface area contributed by atoms with Gasteiger partial charge in [0.15, 0.2) is 5.78 Å². The summed E-state index contributed by atoms with van der Waals surface area (Å²) in [6, 6.07) is 23.8. The predicted molar refractivity (Wildman–Crippen MR) is 135 cm³/mol. The van der Waals surface area contributed by atoms with Gasteiger partial charge < -0.3 is 10.5 Å². The Balaban J connectivity index is 1.44. The van der Waals surface area contributed by atoms with Gasteiger partial charge in [0.2, 0.25) is 0 Å². The van der Waals surface area contributed by atoms with Crippen molar-refractivity contribution in [1.29, 1.82) is 0 Å². The summed E-state index contributed by atoms with van der Waals surface area (Å²) in [5.74, 6) is 1.29. The molecule has 3 aromatic carbocycles. The zero-order valence-corrected chi connectivity index (χ0v) is 19.7. The molecule has 3 aromatic rings. The van der Waals surface area contributed by atoms with Crippen molar-refractivity contribution in [3.63, 3.8) is 0 Å². The molecule has 1 saturated carbocycles. The van der Waals surface area contributed by atoms with E-state index in [0.717, 1.165) is 47.1 Å². The van der Waals surface area contributed by atoms with Crippen LogP contribution in [0.4, 0.5) is 4.39 Å². The number of carbonyl (C=O) groups excluding carboxylic acids is 1. The lowest BCUT2D eigenvalue weighted by Crippen LogP contribution is -2.47. The number of carbonyl (C=O) groups is 1. The maximum absolute atomic E-state index is 13.7. The quantitative estimate of drug-likeness (QED) is 0.556. The molecule has 2 fully saturated rings. The van der Waals surface area contributed by atoms with Crippen LogP contribution in [-0.4, -0.2) is 29.9 Å². The molecule has 1 saturated heterocycles. The number of hydrogen-bond donors (Lipinski definition) is 1. The summed E-state index contributed by atoms with van der Waals surface area (Å²) in [6.07, 6.45) is 2.62.